The van der Waals surface area contributed by atoms with E-state index in [0.717, 1.165) is 11.1 Å². The molecule has 4 nitrogen and oxygen atoms in total. The molecule has 0 aromatic heterocycles. The lowest BCUT2D eigenvalue weighted by atomic mass is 9.75. The van der Waals surface area contributed by atoms with Gasteiger partial charge in [0, 0.05) is 5.56 Å². The SMILES string of the molecule is CCOC(=O)C1(c2ccccc2)OCC(c2ccccc2)(c2ccccc2)CO1. The van der Waals surface area contributed by atoms with Crippen LogP contribution in [0.25, 0.3) is 0 Å². The highest BCUT2D eigenvalue weighted by atomic mass is 16.7. The Morgan fingerprint density at radius 3 is 1.59 bits per heavy atom. The molecule has 29 heavy (non-hydrogen) atoms. The average Bonchev–Trinajstić information content (AvgIpc) is 2.81. The number of hydrogen-bond acceptors (Lipinski definition) is 4. The number of ether oxygens (including phenoxy) is 3. The molecule has 0 N–H and O–H groups in total. The van der Waals surface area contributed by atoms with Crippen LogP contribution in [0.5, 0.6) is 0 Å². The van der Waals surface area contributed by atoms with E-state index in [2.05, 4.69) is 24.3 Å². The summed E-state index contributed by atoms with van der Waals surface area (Å²) >= 11 is 0. The monoisotopic (exact) mass is 388 g/mol. The highest BCUT2D eigenvalue weighted by Gasteiger charge is 2.53. The number of benzene rings is 3. The van der Waals surface area contributed by atoms with Gasteiger partial charge in [0.1, 0.15) is 0 Å². The van der Waals surface area contributed by atoms with E-state index in [9.17, 15) is 4.79 Å². The minimum absolute atomic E-state index is 0.253. The van der Waals surface area contributed by atoms with E-state index in [1.807, 2.05) is 66.7 Å². The summed E-state index contributed by atoms with van der Waals surface area (Å²) in [5.74, 6) is -2.09. The summed E-state index contributed by atoms with van der Waals surface area (Å²) in [6.45, 7) is 2.60. The molecule has 1 heterocycles. The molecule has 4 heteroatoms. The van der Waals surface area contributed by atoms with Gasteiger partial charge in [-0.2, -0.15) is 0 Å². The Morgan fingerprint density at radius 1 is 0.759 bits per heavy atom. The van der Waals surface area contributed by atoms with Crippen LogP contribution < -0.4 is 0 Å². The Bertz CT molecular complexity index is 889. The van der Waals surface area contributed by atoms with Crippen LogP contribution in [0.3, 0.4) is 0 Å². The van der Waals surface area contributed by atoms with E-state index in [4.69, 9.17) is 14.2 Å². The van der Waals surface area contributed by atoms with Gasteiger partial charge in [-0.3, -0.25) is 0 Å². The lowest BCUT2D eigenvalue weighted by Gasteiger charge is -2.45. The average molecular weight is 388 g/mol. The van der Waals surface area contributed by atoms with Gasteiger partial charge in [-0.25, -0.2) is 4.79 Å². The standard InChI is InChI=1S/C25H24O4/c1-2-27-23(26)25(22-16-10-5-11-17-22)28-18-24(19-29-25,20-12-6-3-7-13-20)21-14-8-4-9-15-21/h3-17H,2,18-19H2,1H3. The summed E-state index contributed by atoms with van der Waals surface area (Å²) in [5, 5.41) is 0. The van der Waals surface area contributed by atoms with Gasteiger partial charge in [0.05, 0.1) is 25.2 Å². The number of rotatable bonds is 5. The van der Waals surface area contributed by atoms with E-state index >= 15 is 0 Å². The van der Waals surface area contributed by atoms with Gasteiger partial charge in [-0.05, 0) is 18.1 Å². The molecule has 0 bridgehead atoms. The summed E-state index contributed by atoms with van der Waals surface area (Å²) in [6.07, 6.45) is 0. The molecule has 3 aromatic carbocycles. The lowest BCUT2D eigenvalue weighted by Crippen LogP contribution is -2.55. The topological polar surface area (TPSA) is 44.8 Å². The number of carbonyl (C=O) groups excluding carboxylic acids is 1. The summed E-state index contributed by atoms with van der Waals surface area (Å²) in [6, 6.07) is 29.5. The third-order valence-corrected chi connectivity index (χ3v) is 5.39. The first-order chi connectivity index (χ1) is 14.2. The van der Waals surface area contributed by atoms with Crippen molar-refractivity contribution in [3.05, 3.63) is 108 Å². The molecule has 0 unspecified atom stereocenters. The van der Waals surface area contributed by atoms with Gasteiger partial charge < -0.3 is 14.2 Å². The normalized spacial score (nSPS) is 17.4. The Balaban J connectivity index is 1.76. The van der Waals surface area contributed by atoms with Crippen molar-refractivity contribution >= 4 is 5.97 Å². The van der Waals surface area contributed by atoms with Crippen molar-refractivity contribution in [2.75, 3.05) is 19.8 Å². The molecule has 0 radical (unpaired) electrons. The van der Waals surface area contributed by atoms with Crippen LogP contribution in [0.15, 0.2) is 91.0 Å². The predicted octanol–water partition coefficient (Wildman–Crippen LogP) is 4.44. The van der Waals surface area contributed by atoms with E-state index in [1.54, 1.807) is 6.92 Å². The molecule has 0 saturated carbocycles. The first-order valence-corrected chi connectivity index (χ1v) is 9.83. The highest BCUT2D eigenvalue weighted by molar-refractivity contribution is 5.80. The number of carbonyl (C=O) groups is 1. The highest BCUT2D eigenvalue weighted by Crippen LogP contribution is 2.43. The van der Waals surface area contributed by atoms with Crippen LogP contribution in [0.2, 0.25) is 0 Å². The molecule has 1 aliphatic heterocycles. The second-order valence-corrected chi connectivity index (χ2v) is 7.09. The van der Waals surface area contributed by atoms with Gasteiger partial charge >= 0.3 is 5.97 Å². The molecular weight excluding hydrogens is 364 g/mol. The zero-order valence-corrected chi connectivity index (χ0v) is 16.4. The Hall–Kier alpha value is -2.95. The second-order valence-electron chi connectivity index (χ2n) is 7.09. The quantitative estimate of drug-likeness (QED) is 0.607. The smallest absolute Gasteiger partial charge is 0.372 e. The van der Waals surface area contributed by atoms with Gasteiger partial charge in [-0.1, -0.05) is 91.0 Å². The maximum absolute atomic E-state index is 12.9. The summed E-state index contributed by atoms with van der Waals surface area (Å²) in [7, 11) is 0. The summed E-state index contributed by atoms with van der Waals surface area (Å²) in [4.78, 5) is 12.9. The molecule has 4 rings (SSSR count). The minimum Gasteiger partial charge on any atom is -0.462 e. The summed E-state index contributed by atoms with van der Waals surface area (Å²) in [5.41, 5.74) is 2.27. The van der Waals surface area contributed by atoms with Crippen molar-refractivity contribution in [2.45, 2.75) is 18.1 Å². The van der Waals surface area contributed by atoms with Gasteiger partial charge in [0.2, 0.25) is 0 Å². The third-order valence-electron chi connectivity index (χ3n) is 5.39. The Kier molecular flexibility index (Phi) is 5.47. The molecule has 3 aromatic rings. The number of hydrogen-bond donors (Lipinski definition) is 0. The molecular formula is C25H24O4. The zero-order valence-electron chi connectivity index (χ0n) is 16.4. The first kappa shape index (κ1) is 19.4. The molecule has 0 spiro atoms. The fraction of sp³-hybridized carbons (Fsp3) is 0.240. The van der Waals surface area contributed by atoms with Crippen LogP contribution in [0.1, 0.15) is 23.6 Å². The molecule has 0 amide bonds. The van der Waals surface area contributed by atoms with E-state index in [-0.39, 0.29) is 19.8 Å². The third kappa shape index (κ3) is 3.46. The van der Waals surface area contributed by atoms with Crippen LogP contribution >= 0.6 is 0 Å². The zero-order chi connectivity index (χ0) is 20.2. The second kappa shape index (κ2) is 8.19. The van der Waals surface area contributed by atoms with Crippen molar-refractivity contribution in [3.63, 3.8) is 0 Å². The fourth-order valence-electron chi connectivity index (χ4n) is 3.83. The molecule has 0 aliphatic carbocycles. The molecule has 148 valence electrons. The van der Waals surface area contributed by atoms with Crippen LogP contribution in [0, 0.1) is 0 Å². The van der Waals surface area contributed by atoms with E-state index in [0.29, 0.717) is 5.56 Å². The van der Waals surface area contributed by atoms with E-state index in [1.165, 1.54) is 0 Å². The Labute approximate surface area is 171 Å². The van der Waals surface area contributed by atoms with Gasteiger partial charge in [0.15, 0.2) is 0 Å². The maximum atomic E-state index is 12.9. The minimum atomic E-state index is -1.57. The van der Waals surface area contributed by atoms with Crippen molar-refractivity contribution in [1.29, 1.82) is 0 Å². The summed E-state index contributed by atoms with van der Waals surface area (Å²) < 4.78 is 17.9. The molecule has 1 aliphatic rings. The fourth-order valence-corrected chi connectivity index (χ4v) is 3.83. The number of esters is 1. The molecule has 0 atom stereocenters. The van der Waals surface area contributed by atoms with Gasteiger partial charge in [0.25, 0.3) is 5.79 Å². The van der Waals surface area contributed by atoms with Crippen molar-refractivity contribution in [2.24, 2.45) is 0 Å². The van der Waals surface area contributed by atoms with Gasteiger partial charge in [-0.15, -0.1) is 0 Å². The van der Waals surface area contributed by atoms with Crippen molar-refractivity contribution in [1.82, 2.24) is 0 Å². The van der Waals surface area contributed by atoms with E-state index < -0.39 is 17.2 Å². The predicted molar refractivity (Wildman–Crippen MR) is 110 cm³/mol. The molecule has 1 fully saturated rings. The first-order valence-electron chi connectivity index (χ1n) is 9.83. The van der Waals surface area contributed by atoms with Crippen molar-refractivity contribution < 1.29 is 19.0 Å². The molecule has 1 saturated heterocycles. The van der Waals surface area contributed by atoms with Crippen LogP contribution in [-0.4, -0.2) is 25.8 Å². The maximum Gasteiger partial charge on any atom is 0.372 e. The largest absolute Gasteiger partial charge is 0.462 e. The Morgan fingerprint density at radius 2 is 1.17 bits per heavy atom. The van der Waals surface area contributed by atoms with Crippen molar-refractivity contribution in [3.8, 4) is 0 Å². The van der Waals surface area contributed by atoms with Crippen LogP contribution in [-0.2, 0) is 30.2 Å². The van der Waals surface area contributed by atoms with Crippen LogP contribution in [0.4, 0.5) is 0 Å². The lowest BCUT2D eigenvalue weighted by molar-refractivity contribution is -0.290.